The van der Waals surface area contributed by atoms with Gasteiger partial charge in [-0.3, -0.25) is 4.79 Å². The highest BCUT2D eigenvalue weighted by Gasteiger charge is 2.84. The highest BCUT2D eigenvalue weighted by molar-refractivity contribution is 5.66. The standard InChI is InChI=1S/C37H58O10/c1-20-17-23(30(33(5,6)43)45-21(2)40)46-28-27(20)34(7)13-14-37-19-36(37)12-11-26(47-31(22(41)18-39)44-16-15-38)32(3,4)24(36)9-10-25(37)35(34,8)29(28)42/h15,18,20,22-31,41-43H,9-14,16-17,19H2,1-8H3/t20-,22-,23-,24+,25+,26+,27?,28+,29+,30+,31+,34-,35-,36-,37+/m1/s1. The van der Waals surface area contributed by atoms with Gasteiger partial charge in [0.2, 0.25) is 0 Å². The third-order valence-electron chi connectivity index (χ3n) is 15.1. The zero-order valence-electron chi connectivity index (χ0n) is 29.6. The zero-order chi connectivity index (χ0) is 34.5. The monoisotopic (exact) mass is 662 g/mol. The van der Waals surface area contributed by atoms with E-state index in [-0.39, 0.29) is 51.6 Å². The van der Waals surface area contributed by atoms with E-state index in [1.165, 1.54) is 6.92 Å². The largest absolute Gasteiger partial charge is 0.457 e. The van der Waals surface area contributed by atoms with E-state index < -0.39 is 48.4 Å². The third kappa shape index (κ3) is 4.89. The summed E-state index contributed by atoms with van der Waals surface area (Å²) in [6.07, 6.45) is 3.28. The Hall–Kier alpha value is -1.43. The van der Waals surface area contributed by atoms with Crippen molar-refractivity contribution in [3.05, 3.63) is 0 Å². The van der Waals surface area contributed by atoms with Crippen LogP contribution in [-0.4, -0.2) is 89.0 Å². The molecule has 0 aromatic heterocycles. The van der Waals surface area contributed by atoms with E-state index in [9.17, 15) is 29.7 Å². The number of hydrogen-bond acceptors (Lipinski definition) is 10. The van der Waals surface area contributed by atoms with Gasteiger partial charge in [-0.15, -0.1) is 0 Å². The highest BCUT2D eigenvalue weighted by atomic mass is 16.7. The molecule has 0 aromatic rings. The van der Waals surface area contributed by atoms with Gasteiger partial charge in [-0.25, -0.2) is 0 Å². The number of carbonyl (C=O) groups excluding carboxylic acids is 3. The van der Waals surface area contributed by atoms with Gasteiger partial charge in [0.15, 0.2) is 24.8 Å². The van der Waals surface area contributed by atoms with Crippen LogP contribution in [0.3, 0.4) is 0 Å². The van der Waals surface area contributed by atoms with Gasteiger partial charge < -0.3 is 43.9 Å². The number of rotatable bonds is 10. The predicted octanol–water partition coefficient (Wildman–Crippen LogP) is 3.99. The van der Waals surface area contributed by atoms with Crippen LogP contribution in [0.2, 0.25) is 0 Å². The van der Waals surface area contributed by atoms with E-state index in [0.29, 0.717) is 30.8 Å². The summed E-state index contributed by atoms with van der Waals surface area (Å²) in [4.78, 5) is 34.5. The molecule has 266 valence electrons. The Morgan fingerprint density at radius 2 is 1.70 bits per heavy atom. The van der Waals surface area contributed by atoms with E-state index >= 15 is 0 Å². The van der Waals surface area contributed by atoms with E-state index in [0.717, 1.165) is 44.9 Å². The van der Waals surface area contributed by atoms with Crippen molar-refractivity contribution in [2.75, 3.05) is 6.61 Å². The number of hydrogen-bond donors (Lipinski definition) is 3. The smallest absolute Gasteiger partial charge is 0.303 e. The fraction of sp³-hybridized carbons (Fsp3) is 0.919. The summed E-state index contributed by atoms with van der Waals surface area (Å²) in [5.41, 5.74) is -1.80. The predicted molar refractivity (Wildman–Crippen MR) is 171 cm³/mol. The quantitative estimate of drug-likeness (QED) is 0.178. The summed E-state index contributed by atoms with van der Waals surface area (Å²) in [5.74, 6) is 0.597. The first-order valence-electron chi connectivity index (χ1n) is 17.9. The highest BCUT2D eigenvalue weighted by Crippen LogP contribution is 2.89. The van der Waals surface area contributed by atoms with E-state index in [1.54, 1.807) is 13.8 Å². The number of ether oxygens (including phenoxy) is 4. The fourth-order valence-corrected chi connectivity index (χ4v) is 13.2. The van der Waals surface area contributed by atoms with Gasteiger partial charge in [0, 0.05) is 12.3 Å². The van der Waals surface area contributed by atoms with Gasteiger partial charge in [-0.05, 0) is 111 Å². The Kier molecular flexibility index (Phi) is 8.70. The molecule has 15 atom stereocenters. The molecule has 6 fully saturated rings. The maximum atomic E-state index is 12.5. The van der Waals surface area contributed by atoms with Crippen molar-refractivity contribution < 1.29 is 48.7 Å². The summed E-state index contributed by atoms with van der Waals surface area (Å²) in [6, 6.07) is 0. The lowest BCUT2D eigenvalue weighted by Gasteiger charge is -2.63. The second-order valence-electron chi connectivity index (χ2n) is 17.9. The van der Waals surface area contributed by atoms with Crippen LogP contribution in [0, 0.1) is 50.7 Å². The summed E-state index contributed by atoms with van der Waals surface area (Å²) < 4.78 is 24.2. The molecule has 0 aromatic carbocycles. The van der Waals surface area contributed by atoms with Crippen LogP contribution < -0.4 is 0 Å². The summed E-state index contributed by atoms with van der Waals surface area (Å²) in [6.45, 7) is 15.8. The van der Waals surface area contributed by atoms with Gasteiger partial charge in [0.1, 0.15) is 12.9 Å². The second-order valence-corrected chi connectivity index (χ2v) is 17.9. The van der Waals surface area contributed by atoms with Crippen molar-refractivity contribution in [1.82, 2.24) is 0 Å². The molecule has 6 rings (SSSR count). The molecule has 10 nitrogen and oxygen atoms in total. The number of aliphatic hydroxyl groups excluding tert-OH is 2. The minimum Gasteiger partial charge on any atom is -0.457 e. The SMILES string of the molecule is CC(=O)O[C@@H]([C@H]1C[C@@H](C)C2[C@H](O1)[C@H](O)[C@@]1(C)[C@@H]3CC[C@H]4C(C)(C)[C@@H](O[C@H](OCC=O)[C@H](O)C=O)CC[C@@]45C[C@@]35CC[C@]21C)C(C)(C)O. The van der Waals surface area contributed by atoms with Crippen LogP contribution in [0.4, 0.5) is 0 Å². The molecule has 1 saturated heterocycles. The average Bonchev–Trinajstić information content (AvgIpc) is 3.62. The molecule has 1 unspecified atom stereocenters. The number of fused-ring (bicyclic) bond motifs is 4. The Bertz CT molecular complexity index is 1250. The normalized spacial score (nSPS) is 48.3. The lowest BCUT2D eigenvalue weighted by Crippen LogP contribution is -2.60. The molecular formula is C37H58O10. The third-order valence-corrected chi connectivity index (χ3v) is 15.1. The lowest BCUT2D eigenvalue weighted by atomic mass is 9.41. The lowest BCUT2D eigenvalue weighted by molar-refractivity contribution is -0.251. The number of esters is 1. The van der Waals surface area contributed by atoms with Crippen LogP contribution in [0.1, 0.15) is 107 Å². The van der Waals surface area contributed by atoms with Crippen LogP contribution in [0.15, 0.2) is 0 Å². The van der Waals surface area contributed by atoms with Crippen molar-refractivity contribution in [2.24, 2.45) is 50.7 Å². The maximum absolute atomic E-state index is 12.5. The molecular weight excluding hydrogens is 604 g/mol. The topological polar surface area (TPSA) is 149 Å². The van der Waals surface area contributed by atoms with Crippen LogP contribution in [0.25, 0.3) is 0 Å². The first-order valence-corrected chi connectivity index (χ1v) is 17.9. The number of aliphatic hydroxyl groups is 3. The molecule has 0 bridgehead atoms. The van der Waals surface area contributed by atoms with Gasteiger partial charge in [0.05, 0.1) is 30.0 Å². The number of carbonyl (C=O) groups is 3. The first-order chi connectivity index (χ1) is 21.9. The molecule has 2 spiro atoms. The molecule has 5 saturated carbocycles. The average molecular weight is 663 g/mol. The van der Waals surface area contributed by atoms with Gasteiger partial charge in [-0.1, -0.05) is 34.6 Å². The second kappa shape index (κ2) is 11.6. The van der Waals surface area contributed by atoms with Gasteiger partial charge >= 0.3 is 5.97 Å². The van der Waals surface area contributed by atoms with Gasteiger partial charge in [-0.2, -0.15) is 0 Å². The Morgan fingerprint density at radius 1 is 1.04 bits per heavy atom. The van der Waals surface area contributed by atoms with E-state index in [2.05, 4.69) is 34.6 Å². The Labute approximate surface area is 279 Å². The van der Waals surface area contributed by atoms with Crippen LogP contribution in [-0.2, 0) is 33.3 Å². The van der Waals surface area contributed by atoms with Crippen LogP contribution in [0.5, 0.6) is 0 Å². The van der Waals surface area contributed by atoms with Crippen molar-refractivity contribution in [1.29, 1.82) is 0 Å². The van der Waals surface area contributed by atoms with Gasteiger partial charge in [0.25, 0.3) is 0 Å². The zero-order valence-corrected chi connectivity index (χ0v) is 29.6. The minimum atomic E-state index is -1.47. The van der Waals surface area contributed by atoms with E-state index in [4.69, 9.17) is 18.9 Å². The first kappa shape index (κ1) is 35.4. The minimum absolute atomic E-state index is 0.118. The molecule has 10 heteroatoms. The molecule has 1 aliphatic heterocycles. The van der Waals surface area contributed by atoms with E-state index in [1.807, 2.05) is 0 Å². The fourth-order valence-electron chi connectivity index (χ4n) is 13.2. The summed E-state index contributed by atoms with van der Waals surface area (Å²) >= 11 is 0. The molecule has 0 radical (unpaired) electrons. The molecule has 0 amide bonds. The maximum Gasteiger partial charge on any atom is 0.303 e. The molecule has 6 aliphatic rings. The summed E-state index contributed by atoms with van der Waals surface area (Å²) in [7, 11) is 0. The molecule has 47 heavy (non-hydrogen) atoms. The Morgan fingerprint density at radius 3 is 2.32 bits per heavy atom. The Balaban J connectivity index is 1.27. The van der Waals surface area contributed by atoms with Crippen molar-refractivity contribution in [3.8, 4) is 0 Å². The van der Waals surface area contributed by atoms with Crippen molar-refractivity contribution >= 4 is 18.5 Å². The van der Waals surface area contributed by atoms with Crippen LogP contribution >= 0.6 is 0 Å². The van der Waals surface area contributed by atoms with Crippen molar-refractivity contribution in [3.63, 3.8) is 0 Å². The number of aldehydes is 2. The summed E-state index contributed by atoms with van der Waals surface area (Å²) in [5, 5.41) is 33.8. The van der Waals surface area contributed by atoms with Crippen molar-refractivity contribution in [2.45, 2.75) is 155 Å². The molecule has 5 aliphatic carbocycles. The molecule has 1 heterocycles. The molecule has 3 N–H and O–H groups in total.